The number of hydrogen-bond donors (Lipinski definition) is 0. The zero-order valence-corrected chi connectivity index (χ0v) is 14.3. The van der Waals surface area contributed by atoms with E-state index in [1.807, 2.05) is 30.1 Å². The third kappa shape index (κ3) is 3.30. The molecule has 0 bridgehead atoms. The van der Waals surface area contributed by atoms with Crippen molar-refractivity contribution in [2.75, 3.05) is 32.7 Å². The third-order valence-electron chi connectivity index (χ3n) is 4.16. The Hall–Kier alpha value is -2.29. The molecule has 3 rings (SSSR count). The standard InChI is InChI=1S/C18H19ClN4O/c1-3-8-22-9-11-23(12-10-22)18(24)15-13-21(2)20-17(15)14-6-4-5-7-16(14)19/h1,4-7,13H,8-12H2,2H3. The first-order chi connectivity index (χ1) is 11.6. The molecular weight excluding hydrogens is 324 g/mol. The van der Waals surface area contributed by atoms with Crippen LogP contribution in [0.5, 0.6) is 0 Å². The Labute approximate surface area is 146 Å². The molecule has 0 N–H and O–H groups in total. The highest BCUT2D eigenvalue weighted by atomic mass is 35.5. The predicted molar refractivity (Wildman–Crippen MR) is 94.8 cm³/mol. The number of aromatic nitrogens is 2. The SMILES string of the molecule is C#CCN1CCN(C(=O)c2cn(C)nc2-c2ccccc2Cl)CC1. The average Bonchev–Trinajstić information content (AvgIpc) is 2.97. The molecule has 1 aromatic carbocycles. The van der Waals surface area contributed by atoms with Crippen molar-refractivity contribution in [3.63, 3.8) is 0 Å². The van der Waals surface area contributed by atoms with E-state index < -0.39 is 0 Å². The van der Waals surface area contributed by atoms with Crippen LogP contribution >= 0.6 is 11.6 Å². The van der Waals surface area contributed by atoms with Gasteiger partial charge in [0.15, 0.2) is 0 Å². The number of benzene rings is 1. The summed E-state index contributed by atoms with van der Waals surface area (Å²) in [7, 11) is 1.81. The molecule has 24 heavy (non-hydrogen) atoms. The van der Waals surface area contributed by atoms with Crippen molar-refractivity contribution in [2.45, 2.75) is 0 Å². The number of terminal acetylenes is 1. The highest BCUT2D eigenvalue weighted by Crippen LogP contribution is 2.29. The quantitative estimate of drug-likeness (QED) is 0.802. The van der Waals surface area contributed by atoms with Crippen molar-refractivity contribution >= 4 is 17.5 Å². The summed E-state index contributed by atoms with van der Waals surface area (Å²) in [6.07, 6.45) is 7.11. The van der Waals surface area contributed by atoms with E-state index in [1.54, 1.807) is 16.9 Å². The van der Waals surface area contributed by atoms with Crippen LogP contribution in [0, 0.1) is 12.3 Å². The molecule has 5 nitrogen and oxygen atoms in total. The zero-order valence-electron chi connectivity index (χ0n) is 13.6. The van der Waals surface area contributed by atoms with Gasteiger partial charge in [-0.2, -0.15) is 5.10 Å². The number of rotatable bonds is 3. The Morgan fingerprint density at radius 1 is 1.29 bits per heavy atom. The van der Waals surface area contributed by atoms with Crippen molar-refractivity contribution < 1.29 is 4.79 Å². The molecule has 2 aromatic rings. The van der Waals surface area contributed by atoms with Gasteiger partial charge < -0.3 is 4.90 Å². The maximum absolute atomic E-state index is 13.0. The largest absolute Gasteiger partial charge is 0.336 e. The number of aryl methyl sites for hydroxylation is 1. The third-order valence-corrected chi connectivity index (χ3v) is 4.49. The minimum absolute atomic E-state index is 0.0154. The molecule has 2 heterocycles. The summed E-state index contributed by atoms with van der Waals surface area (Å²) in [5.74, 6) is 2.63. The smallest absolute Gasteiger partial charge is 0.257 e. The Morgan fingerprint density at radius 3 is 2.67 bits per heavy atom. The minimum Gasteiger partial charge on any atom is -0.336 e. The molecule has 1 aliphatic heterocycles. The fourth-order valence-corrected chi connectivity index (χ4v) is 3.13. The van der Waals surface area contributed by atoms with Gasteiger partial charge in [-0.1, -0.05) is 35.7 Å². The highest BCUT2D eigenvalue weighted by molar-refractivity contribution is 6.33. The summed E-state index contributed by atoms with van der Waals surface area (Å²) in [6.45, 7) is 3.53. The van der Waals surface area contributed by atoms with Gasteiger partial charge in [-0.05, 0) is 6.07 Å². The van der Waals surface area contributed by atoms with E-state index in [2.05, 4.69) is 15.9 Å². The summed E-state index contributed by atoms with van der Waals surface area (Å²) in [6, 6.07) is 7.44. The highest BCUT2D eigenvalue weighted by Gasteiger charge is 2.26. The molecule has 1 aliphatic rings. The molecule has 1 amide bonds. The lowest BCUT2D eigenvalue weighted by Gasteiger charge is -2.33. The zero-order chi connectivity index (χ0) is 17.1. The molecule has 0 radical (unpaired) electrons. The van der Waals surface area contributed by atoms with Crippen molar-refractivity contribution in [3.8, 4) is 23.6 Å². The van der Waals surface area contributed by atoms with Gasteiger partial charge in [0, 0.05) is 45.0 Å². The number of carbonyl (C=O) groups excluding carboxylic acids is 1. The van der Waals surface area contributed by atoms with Gasteiger partial charge in [0.25, 0.3) is 5.91 Å². The van der Waals surface area contributed by atoms with Crippen LogP contribution in [0.25, 0.3) is 11.3 Å². The van der Waals surface area contributed by atoms with E-state index in [0.717, 1.165) is 18.7 Å². The maximum Gasteiger partial charge on any atom is 0.257 e. The second-order valence-corrected chi connectivity index (χ2v) is 6.22. The summed E-state index contributed by atoms with van der Waals surface area (Å²) in [5.41, 5.74) is 1.98. The van der Waals surface area contributed by atoms with Crippen LogP contribution in [0.3, 0.4) is 0 Å². The van der Waals surface area contributed by atoms with E-state index in [-0.39, 0.29) is 5.91 Å². The van der Waals surface area contributed by atoms with Gasteiger partial charge >= 0.3 is 0 Å². The molecule has 0 aliphatic carbocycles. The number of carbonyl (C=O) groups is 1. The lowest BCUT2D eigenvalue weighted by atomic mass is 10.1. The molecule has 0 atom stereocenters. The molecular formula is C18H19ClN4O. The number of hydrogen-bond acceptors (Lipinski definition) is 3. The van der Waals surface area contributed by atoms with Crippen molar-refractivity contribution in [1.29, 1.82) is 0 Å². The second kappa shape index (κ2) is 7.08. The molecule has 0 unspecified atom stereocenters. The predicted octanol–water partition coefficient (Wildman–Crippen LogP) is 2.13. The molecule has 6 heteroatoms. The average molecular weight is 343 g/mol. The van der Waals surface area contributed by atoms with Crippen LogP contribution in [0.15, 0.2) is 30.5 Å². The topological polar surface area (TPSA) is 41.4 Å². The fourth-order valence-electron chi connectivity index (χ4n) is 2.91. The van der Waals surface area contributed by atoms with Crippen molar-refractivity contribution in [1.82, 2.24) is 19.6 Å². The first-order valence-electron chi connectivity index (χ1n) is 7.84. The Bertz CT molecular complexity index is 785. The van der Waals surface area contributed by atoms with E-state index in [9.17, 15) is 4.79 Å². The molecule has 1 saturated heterocycles. The lowest BCUT2D eigenvalue weighted by Crippen LogP contribution is -2.48. The normalized spacial score (nSPS) is 15.3. The first kappa shape index (κ1) is 16.6. The molecule has 0 spiro atoms. The first-order valence-corrected chi connectivity index (χ1v) is 8.21. The Morgan fingerprint density at radius 2 is 2.00 bits per heavy atom. The van der Waals surface area contributed by atoms with Crippen LogP contribution in [0.1, 0.15) is 10.4 Å². The van der Waals surface area contributed by atoms with Gasteiger partial charge in [-0.3, -0.25) is 14.4 Å². The van der Waals surface area contributed by atoms with Crippen LogP contribution < -0.4 is 0 Å². The lowest BCUT2D eigenvalue weighted by molar-refractivity contribution is 0.0653. The van der Waals surface area contributed by atoms with Gasteiger partial charge in [0.05, 0.1) is 17.1 Å². The number of piperazine rings is 1. The Kier molecular flexibility index (Phi) is 4.89. The van der Waals surface area contributed by atoms with Gasteiger partial charge in [-0.25, -0.2) is 0 Å². The summed E-state index contributed by atoms with van der Waals surface area (Å²) < 4.78 is 1.65. The van der Waals surface area contributed by atoms with E-state index >= 15 is 0 Å². The van der Waals surface area contributed by atoms with Gasteiger partial charge in [0.1, 0.15) is 5.69 Å². The minimum atomic E-state index is -0.0154. The summed E-state index contributed by atoms with van der Waals surface area (Å²) in [5, 5.41) is 5.04. The second-order valence-electron chi connectivity index (χ2n) is 5.82. The van der Waals surface area contributed by atoms with Crippen LogP contribution in [0.4, 0.5) is 0 Å². The number of nitrogens with zero attached hydrogens (tertiary/aromatic N) is 4. The molecule has 1 aromatic heterocycles. The maximum atomic E-state index is 13.0. The van der Waals surface area contributed by atoms with Crippen molar-refractivity contribution in [3.05, 3.63) is 41.0 Å². The number of halogens is 1. The molecule has 0 saturated carbocycles. The molecule has 1 fully saturated rings. The van der Waals surface area contributed by atoms with Crippen molar-refractivity contribution in [2.24, 2.45) is 7.05 Å². The van der Waals surface area contributed by atoms with Crippen LogP contribution in [0.2, 0.25) is 5.02 Å². The van der Waals surface area contributed by atoms with Gasteiger partial charge in [0.2, 0.25) is 0 Å². The van der Waals surface area contributed by atoms with Crippen LogP contribution in [-0.4, -0.2) is 58.2 Å². The summed E-state index contributed by atoms with van der Waals surface area (Å²) >= 11 is 6.28. The van der Waals surface area contributed by atoms with E-state index in [1.165, 1.54) is 0 Å². The number of amides is 1. The summed E-state index contributed by atoms with van der Waals surface area (Å²) in [4.78, 5) is 17.0. The fraction of sp³-hybridized carbons (Fsp3) is 0.333. The van der Waals surface area contributed by atoms with E-state index in [0.29, 0.717) is 35.9 Å². The Balaban J connectivity index is 1.84. The van der Waals surface area contributed by atoms with Gasteiger partial charge in [-0.15, -0.1) is 6.42 Å². The van der Waals surface area contributed by atoms with E-state index in [4.69, 9.17) is 18.0 Å². The molecule has 124 valence electrons. The monoisotopic (exact) mass is 342 g/mol. The van der Waals surface area contributed by atoms with Crippen LogP contribution in [-0.2, 0) is 7.05 Å².